The molecule has 4 aromatic rings. The van der Waals surface area contributed by atoms with Crippen LogP contribution in [0.2, 0.25) is 0 Å². The number of amides is 1. The van der Waals surface area contributed by atoms with Crippen LogP contribution in [0.25, 0.3) is 16.8 Å². The molecule has 1 N–H and O–H groups in total. The molecule has 0 bridgehead atoms. The lowest BCUT2D eigenvalue weighted by Gasteiger charge is -2.28. The third kappa shape index (κ3) is 4.74. The van der Waals surface area contributed by atoms with E-state index in [2.05, 4.69) is 31.6 Å². The molecule has 1 aliphatic rings. The number of fused-ring (bicyclic) bond motifs is 1. The lowest BCUT2D eigenvalue weighted by atomic mass is 10.0. The van der Waals surface area contributed by atoms with Gasteiger partial charge < -0.3 is 15.0 Å². The molecule has 182 valence electrons. The molecular weight excluding hydrogens is 444 g/mol. The van der Waals surface area contributed by atoms with E-state index < -0.39 is 0 Å². The van der Waals surface area contributed by atoms with Crippen molar-refractivity contribution in [2.45, 2.75) is 39.8 Å². The summed E-state index contributed by atoms with van der Waals surface area (Å²) >= 11 is 0. The summed E-state index contributed by atoms with van der Waals surface area (Å²) in [5.41, 5.74) is 4.96. The number of rotatable bonds is 5. The maximum atomic E-state index is 12.6. The Morgan fingerprint density at radius 2 is 1.94 bits per heavy atom. The second kappa shape index (κ2) is 9.10. The second-order valence-electron chi connectivity index (χ2n) is 9.72. The molecule has 0 saturated carbocycles. The predicted octanol–water partition coefficient (Wildman–Crippen LogP) is 2.82. The molecule has 0 unspecified atom stereocenters. The molecule has 0 aliphatic carbocycles. The normalized spacial score (nSPS) is 14.5. The van der Waals surface area contributed by atoms with Gasteiger partial charge in [0.25, 0.3) is 5.91 Å². The van der Waals surface area contributed by atoms with E-state index in [9.17, 15) is 4.79 Å². The molecule has 5 rings (SSSR count). The fourth-order valence-electron chi connectivity index (χ4n) is 4.07. The molecule has 0 radical (unpaired) electrons. The van der Waals surface area contributed by atoms with Gasteiger partial charge >= 0.3 is 0 Å². The first-order chi connectivity index (χ1) is 16.8. The average Bonchev–Trinajstić information content (AvgIpc) is 3.53. The van der Waals surface area contributed by atoms with Gasteiger partial charge in [-0.2, -0.15) is 15.0 Å². The Labute approximate surface area is 203 Å². The molecule has 1 aromatic carbocycles. The molecule has 4 heterocycles. The van der Waals surface area contributed by atoms with Crippen LogP contribution in [0, 0.1) is 6.92 Å². The van der Waals surface area contributed by atoms with Gasteiger partial charge in [-0.15, -0.1) is 5.10 Å². The van der Waals surface area contributed by atoms with Crippen molar-refractivity contribution < 1.29 is 9.53 Å². The van der Waals surface area contributed by atoms with Crippen LogP contribution < -0.4 is 10.2 Å². The van der Waals surface area contributed by atoms with Gasteiger partial charge in [-0.3, -0.25) is 4.79 Å². The zero-order valence-corrected chi connectivity index (χ0v) is 20.5. The van der Waals surface area contributed by atoms with Crippen LogP contribution in [0.4, 0.5) is 5.82 Å². The Balaban J connectivity index is 1.36. The van der Waals surface area contributed by atoms with Crippen LogP contribution >= 0.6 is 0 Å². The minimum Gasteiger partial charge on any atom is -0.378 e. The monoisotopic (exact) mass is 474 g/mol. The number of nitrogens with one attached hydrogen (secondary N) is 1. The molecule has 1 amide bonds. The Hall–Kier alpha value is -3.79. The fraction of sp³-hybridized carbons (Fsp3) is 0.400. The molecular formula is C25H30N8O2. The van der Waals surface area contributed by atoms with Gasteiger partial charge in [0.1, 0.15) is 5.82 Å². The number of ether oxygens (including phenoxy) is 1. The van der Waals surface area contributed by atoms with E-state index in [0.29, 0.717) is 25.5 Å². The topological polar surface area (TPSA) is 102 Å². The van der Waals surface area contributed by atoms with Crippen molar-refractivity contribution >= 4 is 17.2 Å². The zero-order valence-electron chi connectivity index (χ0n) is 20.5. The van der Waals surface area contributed by atoms with Gasteiger partial charge in [0.05, 0.1) is 48.6 Å². The summed E-state index contributed by atoms with van der Waals surface area (Å²) in [6.45, 7) is 11.4. The number of carbonyl (C=O) groups is 1. The van der Waals surface area contributed by atoms with Gasteiger partial charge in [-0.05, 0) is 51.0 Å². The highest BCUT2D eigenvalue weighted by Gasteiger charge is 2.19. The number of aromatic nitrogens is 6. The smallest absolute Gasteiger partial charge is 0.273 e. The van der Waals surface area contributed by atoms with Gasteiger partial charge in [0.2, 0.25) is 0 Å². The zero-order chi connectivity index (χ0) is 24.6. The summed E-state index contributed by atoms with van der Waals surface area (Å²) < 4.78 is 7.37. The molecule has 10 nitrogen and oxygen atoms in total. The van der Waals surface area contributed by atoms with Gasteiger partial charge in [0.15, 0.2) is 5.69 Å². The number of morpholine rings is 1. The van der Waals surface area contributed by atoms with Crippen molar-refractivity contribution in [3.63, 3.8) is 0 Å². The number of nitrogens with zero attached hydrogens (tertiary/aromatic N) is 7. The van der Waals surface area contributed by atoms with Crippen molar-refractivity contribution in [1.82, 2.24) is 34.9 Å². The summed E-state index contributed by atoms with van der Waals surface area (Å²) in [5.74, 6) is 0.640. The van der Waals surface area contributed by atoms with Crippen molar-refractivity contribution in [3.8, 4) is 11.3 Å². The number of anilines is 1. The van der Waals surface area contributed by atoms with Crippen LogP contribution in [0.5, 0.6) is 0 Å². The molecule has 10 heteroatoms. The summed E-state index contributed by atoms with van der Waals surface area (Å²) in [7, 11) is 0. The van der Waals surface area contributed by atoms with Gasteiger partial charge in [0, 0.05) is 25.2 Å². The number of carbonyl (C=O) groups excluding carboxylic acids is 1. The van der Waals surface area contributed by atoms with E-state index in [-0.39, 0.29) is 11.4 Å². The van der Waals surface area contributed by atoms with Crippen molar-refractivity contribution in [2.75, 3.05) is 31.2 Å². The maximum absolute atomic E-state index is 12.6. The Morgan fingerprint density at radius 3 is 2.66 bits per heavy atom. The van der Waals surface area contributed by atoms with Crippen LogP contribution in [0.3, 0.4) is 0 Å². The minimum atomic E-state index is -0.279. The third-order valence-corrected chi connectivity index (χ3v) is 6.09. The highest BCUT2D eigenvalue weighted by molar-refractivity contribution is 5.91. The summed E-state index contributed by atoms with van der Waals surface area (Å²) in [5, 5.41) is 15.9. The molecule has 0 spiro atoms. The van der Waals surface area contributed by atoms with E-state index in [0.717, 1.165) is 46.8 Å². The van der Waals surface area contributed by atoms with E-state index in [1.165, 1.54) is 6.20 Å². The number of hydrogen-bond donors (Lipinski definition) is 1. The van der Waals surface area contributed by atoms with Crippen LogP contribution in [0.1, 0.15) is 42.4 Å². The first-order valence-corrected chi connectivity index (χ1v) is 11.8. The minimum absolute atomic E-state index is 0.246. The predicted molar refractivity (Wildman–Crippen MR) is 132 cm³/mol. The van der Waals surface area contributed by atoms with Crippen LogP contribution in [-0.2, 0) is 16.8 Å². The molecule has 35 heavy (non-hydrogen) atoms. The molecule has 3 aromatic heterocycles. The lowest BCUT2D eigenvalue weighted by Crippen LogP contribution is -2.37. The first-order valence-electron chi connectivity index (χ1n) is 11.8. The van der Waals surface area contributed by atoms with Crippen LogP contribution in [-0.4, -0.2) is 61.8 Å². The van der Waals surface area contributed by atoms with Crippen LogP contribution in [0.15, 0.2) is 42.9 Å². The number of benzene rings is 1. The highest BCUT2D eigenvalue weighted by Crippen LogP contribution is 2.28. The Kier molecular flexibility index (Phi) is 5.98. The maximum Gasteiger partial charge on any atom is 0.273 e. The summed E-state index contributed by atoms with van der Waals surface area (Å²) in [4.78, 5) is 21.4. The second-order valence-corrected chi connectivity index (χ2v) is 9.72. The molecule has 0 atom stereocenters. The van der Waals surface area contributed by atoms with E-state index in [1.54, 1.807) is 11.0 Å². The average molecular weight is 475 g/mol. The highest BCUT2D eigenvalue weighted by atomic mass is 16.5. The molecule has 1 fully saturated rings. The van der Waals surface area contributed by atoms with Gasteiger partial charge in [-0.1, -0.05) is 12.1 Å². The number of hydrogen-bond acceptors (Lipinski definition) is 7. The van der Waals surface area contributed by atoms with E-state index in [1.807, 2.05) is 56.6 Å². The summed E-state index contributed by atoms with van der Waals surface area (Å²) in [6, 6.07) is 8.16. The van der Waals surface area contributed by atoms with E-state index in [4.69, 9.17) is 9.72 Å². The van der Waals surface area contributed by atoms with Gasteiger partial charge in [-0.25, -0.2) is 9.50 Å². The number of aryl methyl sites for hydroxylation is 1. The molecule has 1 saturated heterocycles. The lowest BCUT2D eigenvalue weighted by molar-refractivity contribution is 0.0944. The van der Waals surface area contributed by atoms with E-state index >= 15 is 0 Å². The quantitative estimate of drug-likeness (QED) is 0.474. The van der Waals surface area contributed by atoms with Crippen molar-refractivity contribution in [1.29, 1.82) is 0 Å². The summed E-state index contributed by atoms with van der Waals surface area (Å²) in [6.07, 6.45) is 5.26. The largest absolute Gasteiger partial charge is 0.378 e. The molecule has 1 aliphatic heterocycles. The fourth-order valence-corrected chi connectivity index (χ4v) is 4.07. The third-order valence-electron chi connectivity index (χ3n) is 6.09. The Bertz CT molecular complexity index is 1360. The Morgan fingerprint density at radius 1 is 1.14 bits per heavy atom. The standard InChI is InChI=1S/C25H30N8O2/c1-17-13-18(5-6-19(17)14-26-24(34)20-15-28-33(30-20)25(2,3)4)23-21-7-8-27-32(21)16-22(29-23)31-9-11-35-12-10-31/h5-8,13,15-16H,9-12,14H2,1-4H3,(H,26,34). The SMILES string of the molecule is Cc1cc(-c2nc(N3CCOCC3)cn3nccc23)ccc1CNC(=O)c1cnn(C(C)(C)C)n1. The van der Waals surface area contributed by atoms with Crippen molar-refractivity contribution in [3.05, 3.63) is 59.7 Å². The van der Waals surface area contributed by atoms with Crippen molar-refractivity contribution in [2.24, 2.45) is 0 Å². The first kappa shape index (κ1) is 23.0.